The van der Waals surface area contributed by atoms with Crippen LogP contribution >= 0.6 is 11.8 Å². The number of carbonyl (C=O) groups excluding carboxylic acids is 2. The molecule has 2 aliphatic heterocycles. The maximum Gasteiger partial charge on any atom is 0.271 e. The summed E-state index contributed by atoms with van der Waals surface area (Å²) in [6.07, 6.45) is 0.501. The molecule has 3 aromatic carbocycles. The maximum absolute atomic E-state index is 13.0. The summed E-state index contributed by atoms with van der Waals surface area (Å²) in [5.74, 6) is 0.942. The van der Waals surface area contributed by atoms with E-state index in [1.807, 2.05) is 66.4 Å². The summed E-state index contributed by atoms with van der Waals surface area (Å²) in [4.78, 5) is 37.2. The number of thioether (sulfide) groups is 1. The number of benzene rings is 3. The molecule has 0 bridgehead atoms. The number of aliphatic imine (C=N–C) groups is 2. The lowest BCUT2D eigenvalue weighted by molar-refractivity contribution is -0.119. The van der Waals surface area contributed by atoms with E-state index in [0.717, 1.165) is 22.6 Å². The van der Waals surface area contributed by atoms with Crippen molar-refractivity contribution in [3.05, 3.63) is 90.0 Å². The van der Waals surface area contributed by atoms with Crippen LogP contribution in [0.5, 0.6) is 5.75 Å². The summed E-state index contributed by atoms with van der Waals surface area (Å²) in [5.41, 5.74) is 3.27. The Morgan fingerprint density at radius 1 is 1.03 bits per heavy atom. The minimum absolute atomic E-state index is 0.162. The van der Waals surface area contributed by atoms with E-state index in [9.17, 15) is 9.59 Å². The number of nitrogens with one attached hydrogen (secondary N) is 1. The number of amides is 2. The van der Waals surface area contributed by atoms with Crippen molar-refractivity contribution in [1.29, 1.82) is 0 Å². The minimum atomic E-state index is -0.510. The third-order valence-electron chi connectivity index (χ3n) is 5.89. The zero-order chi connectivity index (χ0) is 24.4. The molecule has 2 heterocycles. The van der Waals surface area contributed by atoms with E-state index in [-0.39, 0.29) is 11.8 Å². The van der Waals surface area contributed by atoms with Crippen molar-refractivity contribution in [3.8, 4) is 5.75 Å². The normalized spacial score (nSPS) is 17.1. The average molecular weight is 485 g/mol. The zero-order valence-electron chi connectivity index (χ0n) is 19.3. The smallest absolute Gasteiger partial charge is 0.271 e. The standard InChI is InChI=1S/C27H24N4O3S/c1-17(25(32)28-19-12-14-20(34-2)15-13-19)35-27-29-22-11-7-6-10-21(22)24-30-26(33)23(31(24)27)16-18-8-4-3-5-9-18/h3-15,17,23H,16H2,1-2H3,(H,28,32). The largest absolute Gasteiger partial charge is 0.497 e. The van der Waals surface area contributed by atoms with Gasteiger partial charge in [-0.25, -0.2) is 4.99 Å². The van der Waals surface area contributed by atoms with E-state index in [2.05, 4.69) is 10.3 Å². The molecule has 2 aliphatic rings. The number of anilines is 1. The fraction of sp³-hybridized carbons (Fsp3) is 0.185. The van der Waals surface area contributed by atoms with Gasteiger partial charge in [0, 0.05) is 17.7 Å². The van der Waals surface area contributed by atoms with Crippen molar-refractivity contribution in [1.82, 2.24) is 4.90 Å². The van der Waals surface area contributed by atoms with Crippen molar-refractivity contribution in [2.24, 2.45) is 9.98 Å². The van der Waals surface area contributed by atoms with Gasteiger partial charge in [0.15, 0.2) is 5.17 Å². The molecule has 2 unspecified atom stereocenters. The second-order valence-electron chi connectivity index (χ2n) is 8.24. The van der Waals surface area contributed by atoms with Gasteiger partial charge in [0.1, 0.15) is 17.6 Å². The van der Waals surface area contributed by atoms with Crippen molar-refractivity contribution in [2.75, 3.05) is 12.4 Å². The average Bonchev–Trinajstić information content (AvgIpc) is 3.21. The van der Waals surface area contributed by atoms with Crippen LogP contribution in [0.1, 0.15) is 18.1 Å². The highest BCUT2D eigenvalue weighted by Gasteiger charge is 2.42. The molecule has 5 rings (SSSR count). The Kier molecular flexibility index (Phi) is 6.37. The Hall–Kier alpha value is -3.91. The summed E-state index contributed by atoms with van der Waals surface area (Å²) >= 11 is 1.32. The first-order valence-electron chi connectivity index (χ1n) is 11.3. The van der Waals surface area contributed by atoms with Crippen LogP contribution in [0.15, 0.2) is 88.8 Å². The summed E-state index contributed by atoms with van der Waals surface area (Å²) in [5, 5.41) is 3.06. The van der Waals surface area contributed by atoms with Crippen molar-refractivity contribution in [2.45, 2.75) is 24.6 Å². The Morgan fingerprint density at radius 3 is 2.49 bits per heavy atom. The third kappa shape index (κ3) is 4.70. The van der Waals surface area contributed by atoms with Gasteiger partial charge in [-0.2, -0.15) is 4.99 Å². The number of ether oxygens (including phenoxy) is 1. The predicted molar refractivity (Wildman–Crippen MR) is 140 cm³/mol. The van der Waals surface area contributed by atoms with Crippen LogP contribution in [-0.4, -0.2) is 46.1 Å². The second kappa shape index (κ2) is 9.76. The number of hydrogen-bond acceptors (Lipinski definition) is 6. The lowest BCUT2D eigenvalue weighted by atomic mass is 10.0. The maximum atomic E-state index is 13.0. The predicted octanol–water partition coefficient (Wildman–Crippen LogP) is 4.66. The van der Waals surface area contributed by atoms with Crippen LogP contribution in [0.4, 0.5) is 11.4 Å². The number of hydrogen-bond donors (Lipinski definition) is 1. The zero-order valence-corrected chi connectivity index (χ0v) is 20.2. The summed E-state index contributed by atoms with van der Waals surface area (Å²) in [6.45, 7) is 1.83. The van der Waals surface area contributed by atoms with Gasteiger partial charge in [-0.05, 0) is 48.9 Å². The molecular weight excluding hydrogens is 460 g/mol. The Balaban J connectivity index is 1.40. The van der Waals surface area contributed by atoms with Crippen LogP contribution in [0.25, 0.3) is 0 Å². The number of fused-ring (bicyclic) bond motifs is 3. The Bertz CT molecular complexity index is 1320. The van der Waals surface area contributed by atoms with Gasteiger partial charge >= 0.3 is 0 Å². The monoisotopic (exact) mass is 484 g/mol. The second-order valence-corrected chi connectivity index (χ2v) is 9.55. The van der Waals surface area contributed by atoms with E-state index in [0.29, 0.717) is 23.1 Å². The highest BCUT2D eigenvalue weighted by molar-refractivity contribution is 8.14. The minimum Gasteiger partial charge on any atom is -0.497 e. The molecular formula is C27H24N4O3S. The molecule has 2 atom stereocenters. The van der Waals surface area contributed by atoms with Crippen LogP contribution in [0.2, 0.25) is 0 Å². The summed E-state index contributed by atoms with van der Waals surface area (Å²) < 4.78 is 5.18. The van der Waals surface area contributed by atoms with Gasteiger partial charge in [0.05, 0.1) is 18.0 Å². The first-order valence-corrected chi connectivity index (χ1v) is 12.2. The SMILES string of the molecule is COc1ccc(NC(=O)C(C)SC2=Nc3ccccc3C3=NC(=O)C(Cc4ccccc4)N23)cc1. The molecule has 3 aromatic rings. The van der Waals surface area contributed by atoms with Crippen molar-refractivity contribution in [3.63, 3.8) is 0 Å². The molecule has 8 heteroatoms. The molecule has 1 N–H and O–H groups in total. The molecule has 0 aliphatic carbocycles. The molecule has 2 amide bonds. The lowest BCUT2D eigenvalue weighted by Gasteiger charge is -2.32. The number of amidine groups is 2. The number of methoxy groups -OCH3 is 1. The third-order valence-corrected chi connectivity index (χ3v) is 6.96. The van der Waals surface area contributed by atoms with Gasteiger partial charge in [-0.15, -0.1) is 0 Å². The van der Waals surface area contributed by atoms with Crippen LogP contribution in [-0.2, 0) is 16.0 Å². The van der Waals surface area contributed by atoms with Crippen molar-refractivity contribution < 1.29 is 14.3 Å². The molecule has 7 nitrogen and oxygen atoms in total. The summed E-state index contributed by atoms with van der Waals surface area (Å²) in [7, 11) is 1.60. The van der Waals surface area contributed by atoms with Crippen molar-refractivity contribution >= 4 is 46.0 Å². The number of para-hydroxylation sites is 1. The molecule has 0 fully saturated rings. The molecule has 0 radical (unpaired) electrons. The van der Waals surface area contributed by atoms with E-state index in [4.69, 9.17) is 9.73 Å². The Morgan fingerprint density at radius 2 is 1.74 bits per heavy atom. The molecule has 35 heavy (non-hydrogen) atoms. The van der Waals surface area contributed by atoms with Crippen LogP contribution < -0.4 is 10.1 Å². The van der Waals surface area contributed by atoms with Gasteiger partial charge in [-0.3, -0.25) is 14.5 Å². The van der Waals surface area contributed by atoms with Gasteiger partial charge in [0.2, 0.25) is 5.91 Å². The van der Waals surface area contributed by atoms with E-state index in [1.165, 1.54) is 11.8 Å². The quantitative estimate of drug-likeness (QED) is 0.550. The molecule has 0 saturated heterocycles. The highest BCUT2D eigenvalue weighted by atomic mass is 32.2. The fourth-order valence-electron chi connectivity index (χ4n) is 4.05. The molecule has 0 spiro atoms. The summed E-state index contributed by atoms with van der Waals surface area (Å²) in [6, 6.07) is 24.2. The van der Waals surface area contributed by atoms with Crippen LogP contribution in [0, 0.1) is 0 Å². The molecule has 0 saturated carbocycles. The topological polar surface area (TPSA) is 83.4 Å². The van der Waals surface area contributed by atoms with Gasteiger partial charge < -0.3 is 10.1 Å². The molecule has 176 valence electrons. The molecule has 0 aromatic heterocycles. The Labute approximate surface area is 207 Å². The van der Waals surface area contributed by atoms with Gasteiger partial charge in [-0.1, -0.05) is 54.2 Å². The first kappa shape index (κ1) is 22.9. The van der Waals surface area contributed by atoms with Gasteiger partial charge in [0.25, 0.3) is 5.91 Å². The van der Waals surface area contributed by atoms with E-state index < -0.39 is 11.3 Å². The van der Waals surface area contributed by atoms with E-state index >= 15 is 0 Å². The number of nitrogens with zero attached hydrogens (tertiary/aromatic N) is 3. The first-order chi connectivity index (χ1) is 17.0. The van der Waals surface area contributed by atoms with Crippen LogP contribution in [0.3, 0.4) is 0 Å². The van der Waals surface area contributed by atoms with E-state index in [1.54, 1.807) is 31.4 Å². The number of rotatable bonds is 6. The lowest BCUT2D eigenvalue weighted by Crippen LogP contribution is -2.45. The highest BCUT2D eigenvalue weighted by Crippen LogP contribution is 2.36. The number of carbonyl (C=O) groups is 2. The fourth-order valence-corrected chi connectivity index (χ4v) is 5.01.